The standard InChI is InChI=1S/C14H18N2O3/c15-8-10-3-5-16(6-4-10)14(17)11-1-2-12-13(7-11)19-9-18-12/h1-2,7,10H,3-6,8-9,15H2. The monoisotopic (exact) mass is 262 g/mol. The van der Waals surface area contributed by atoms with Crippen LogP contribution in [0, 0.1) is 5.92 Å². The minimum Gasteiger partial charge on any atom is -0.454 e. The van der Waals surface area contributed by atoms with E-state index < -0.39 is 0 Å². The number of carbonyl (C=O) groups is 1. The molecule has 0 atom stereocenters. The summed E-state index contributed by atoms with van der Waals surface area (Å²) in [6.45, 7) is 2.52. The average Bonchev–Trinajstić information content (AvgIpc) is 2.94. The predicted molar refractivity (Wildman–Crippen MR) is 70.2 cm³/mol. The van der Waals surface area contributed by atoms with Crippen molar-refractivity contribution in [2.24, 2.45) is 11.7 Å². The number of amides is 1. The summed E-state index contributed by atoms with van der Waals surface area (Å²) in [5.41, 5.74) is 6.33. The lowest BCUT2D eigenvalue weighted by Gasteiger charge is -2.31. The van der Waals surface area contributed by atoms with Crippen molar-refractivity contribution in [2.45, 2.75) is 12.8 Å². The van der Waals surface area contributed by atoms with Crippen LogP contribution in [0.4, 0.5) is 0 Å². The van der Waals surface area contributed by atoms with Gasteiger partial charge in [0.1, 0.15) is 0 Å². The second-order valence-electron chi connectivity index (χ2n) is 5.04. The van der Waals surface area contributed by atoms with Gasteiger partial charge < -0.3 is 20.1 Å². The van der Waals surface area contributed by atoms with Crippen molar-refractivity contribution in [2.75, 3.05) is 26.4 Å². The van der Waals surface area contributed by atoms with Gasteiger partial charge in [-0.1, -0.05) is 0 Å². The van der Waals surface area contributed by atoms with Gasteiger partial charge in [-0.15, -0.1) is 0 Å². The van der Waals surface area contributed by atoms with Gasteiger partial charge in [-0.05, 0) is 43.5 Å². The Labute approximate surface area is 112 Å². The number of carbonyl (C=O) groups excluding carboxylic acids is 1. The molecule has 1 aromatic carbocycles. The summed E-state index contributed by atoms with van der Waals surface area (Å²) in [6, 6.07) is 5.35. The van der Waals surface area contributed by atoms with E-state index in [0.717, 1.165) is 25.9 Å². The van der Waals surface area contributed by atoms with Gasteiger partial charge in [-0.3, -0.25) is 4.79 Å². The zero-order chi connectivity index (χ0) is 13.2. The van der Waals surface area contributed by atoms with Gasteiger partial charge >= 0.3 is 0 Å². The molecule has 2 aliphatic rings. The quantitative estimate of drug-likeness (QED) is 0.870. The number of hydrogen-bond acceptors (Lipinski definition) is 4. The summed E-state index contributed by atoms with van der Waals surface area (Å²) >= 11 is 0. The normalized spacial score (nSPS) is 18.7. The molecule has 0 radical (unpaired) electrons. The molecule has 1 amide bonds. The molecule has 1 aromatic rings. The zero-order valence-electron chi connectivity index (χ0n) is 10.8. The van der Waals surface area contributed by atoms with E-state index in [4.69, 9.17) is 15.2 Å². The molecule has 3 rings (SSSR count). The van der Waals surface area contributed by atoms with Crippen molar-refractivity contribution >= 4 is 5.91 Å². The van der Waals surface area contributed by atoms with Gasteiger partial charge in [0.2, 0.25) is 6.79 Å². The number of fused-ring (bicyclic) bond motifs is 1. The van der Waals surface area contributed by atoms with E-state index in [-0.39, 0.29) is 12.7 Å². The van der Waals surface area contributed by atoms with Crippen molar-refractivity contribution < 1.29 is 14.3 Å². The van der Waals surface area contributed by atoms with Crippen LogP contribution in [0.3, 0.4) is 0 Å². The maximum Gasteiger partial charge on any atom is 0.253 e. The van der Waals surface area contributed by atoms with E-state index in [1.165, 1.54) is 0 Å². The molecular formula is C14H18N2O3. The van der Waals surface area contributed by atoms with Gasteiger partial charge in [0.05, 0.1) is 0 Å². The summed E-state index contributed by atoms with van der Waals surface area (Å²) in [4.78, 5) is 14.3. The Kier molecular flexibility index (Phi) is 3.29. The first-order chi connectivity index (χ1) is 9.28. The number of nitrogens with zero attached hydrogens (tertiary/aromatic N) is 1. The smallest absolute Gasteiger partial charge is 0.253 e. The molecule has 2 aliphatic heterocycles. The van der Waals surface area contributed by atoms with Crippen molar-refractivity contribution in [3.05, 3.63) is 23.8 Å². The van der Waals surface area contributed by atoms with E-state index in [1.54, 1.807) is 18.2 Å². The van der Waals surface area contributed by atoms with Gasteiger partial charge in [0.15, 0.2) is 11.5 Å². The fourth-order valence-electron chi connectivity index (χ4n) is 2.58. The molecule has 2 N–H and O–H groups in total. The number of hydrogen-bond donors (Lipinski definition) is 1. The Morgan fingerprint density at radius 3 is 2.74 bits per heavy atom. The Hall–Kier alpha value is -1.75. The maximum atomic E-state index is 12.4. The highest BCUT2D eigenvalue weighted by Crippen LogP contribution is 2.33. The van der Waals surface area contributed by atoms with Crippen molar-refractivity contribution in [1.29, 1.82) is 0 Å². The summed E-state index contributed by atoms with van der Waals surface area (Å²) in [5, 5.41) is 0. The number of likely N-dealkylation sites (tertiary alicyclic amines) is 1. The maximum absolute atomic E-state index is 12.4. The summed E-state index contributed by atoms with van der Waals surface area (Å²) in [7, 11) is 0. The van der Waals surface area contributed by atoms with E-state index >= 15 is 0 Å². The summed E-state index contributed by atoms with van der Waals surface area (Å²) in [5.74, 6) is 1.98. The van der Waals surface area contributed by atoms with E-state index in [2.05, 4.69) is 0 Å². The van der Waals surface area contributed by atoms with Crippen LogP contribution in [0.1, 0.15) is 23.2 Å². The van der Waals surface area contributed by atoms with Crippen molar-refractivity contribution in [1.82, 2.24) is 4.90 Å². The number of nitrogens with two attached hydrogens (primary N) is 1. The largest absolute Gasteiger partial charge is 0.454 e. The Morgan fingerprint density at radius 1 is 1.26 bits per heavy atom. The number of rotatable bonds is 2. The molecule has 102 valence electrons. The van der Waals surface area contributed by atoms with Gasteiger partial charge in [0.25, 0.3) is 5.91 Å². The van der Waals surface area contributed by atoms with Crippen LogP contribution in [0.2, 0.25) is 0 Å². The number of benzene rings is 1. The molecule has 0 saturated carbocycles. The van der Waals surface area contributed by atoms with Gasteiger partial charge in [-0.25, -0.2) is 0 Å². The van der Waals surface area contributed by atoms with Crippen LogP contribution in [0.25, 0.3) is 0 Å². The molecule has 1 fully saturated rings. The molecule has 2 heterocycles. The molecule has 0 aliphatic carbocycles. The molecule has 0 aromatic heterocycles. The molecule has 0 unspecified atom stereocenters. The lowest BCUT2D eigenvalue weighted by molar-refractivity contribution is 0.0693. The first-order valence-electron chi connectivity index (χ1n) is 6.67. The molecule has 19 heavy (non-hydrogen) atoms. The molecule has 0 spiro atoms. The van der Waals surface area contributed by atoms with Crippen LogP contribution in [-0.2, 0) is 0 Å². The molecule has 5 nitrogen and oxygen atoms in total. The third-order valence-electron chi connectivity index (χ3n) is 3.85. The molecule has 0 bridgehead atoms. The van der Waals surface area contributed by atoms with Crippen LogP contribution in [0.15, 0.2) is 18.2 Å². The van der Waals surface area contributed by atoms with E-state index in [0.29, 0.717) is 29.5 Å². The van der Waals surface area contributed by atoms with Crippen molar-refractivity contribution in [3.8, 4) is 11.5 Å². The van der Waals surface area contributed by atoms with E-state index in [1.807, 2.05) is 4.90 Å². The topological polar surface area (TPSA) is 64.8 Å². The number of ether oxygens (including phenoxy) is 2. The zero-order valence-corrected chi connectivity index (χ0v) is 10.8. The highest BCUT2D eigenvalue weighted by Gasteiger charge is 2.24. The number of piperidine rings is 1. The average molecular weight is 262 g/mol. The van der Waals surface area contributed by atoms with E-state index in [9.17, 15) is 4.79 Å². The minimum atomic E-state index is 0.0637. The molecule has 1 saturated heterocycles. The summed E-state index contributed by atoms with van der Waals surface area (Å²) < 4.78 is 10.5. The highest BCUT2D eigenvalue weighted by molar-refractivity contribution is 5.95. The van der Waals surface area contributed by atoms with Gasteiger partial charge in [-0.2, -0.15) is 0 Å². The third kappa shape index (κ3) is 2.38. The van der Waals surface area contributed by atoms with Gasteiger partial charge in [0, 0.05) is 18.7 Å². The first kappa shape index (κ1) is 12.3. The predicted octanol–water partition coefficient (Wildman–Crippen LogP) is 1.23. The SMILES string of the molecule is NCC1CCN(C(=O)c2ccc3c(c2)OCO3)CC1. The summed E-state index contributed by atoms with van der Waals surface area (Å²) in [6.07, 6.45) is 1.99. The minimum absolute atomic E-state index is 0.0637. The van der Waals surface area contributed by atoms with Crippen LogP contribution < -0.4 is 15.2 Å². The third-order valence-corrected chi connectivity index (χ3v) is 3.85. The van der Waals surface area contributed by atoms with Crippen LogP contribution >= 0.6 is 0 Å². The first-order valence-corrected chi connectivity index (χ1v) is 6.67. The molecular weight excluding hydrogens is 244 g/mol. The lowest BCUT2D eigenvalue weighted by atomic mass is 9.96. The fourth-order valence-corrected chi connectivity index (χ4v) is 2.58. The van der Waals surface area contributed by atoms with Crippen LogP contribution in [-0.4, -0.2) is 37.2 Å². The second-order valence-corrected chi connectivity index (χ2v) is 5.04. The molecule has 5 heteroatoms. The second kappa shape index (κ2) is 5.09. The Balaban J connectivity index is 1.70. The van der Waals surface area contributed by atoms with Crippen LogP contribution in [0.5, 0.6) is 11.5 Å². The Morgan fingerprint density at radius 2 is 2.00 bits per heavy atom. The lowest BCUT2D eigenvalue weighted by Crippen LogP contribution is -2.40. The Bertz CT molecular complexity index is 482. The van der Waals surface area contributed by atoms with Crippen molar-refractivity contribution in [3.63, 3.8) is 0 Å². The fraction of sp³-hybridized carbons (Fsp3) is 0.500. The highest BCUT2D eigenvalue weighted by atomic mass is 16.7.